The molecule has 0 aliphatic heterocycles. The number of oxime groups is 1. The third-order valence-electron chi connectivity index (χ3n) is 0.219. The van der Waals surface area contributed by atoms with E-state index in [9.17, 15) is 0 Å². The summed E-state index contributed by atoms with van der Waals surface area (Å²) in [6.07, 6.45) is 0. The zero-order valence-corrected chi connectivity index (χ0v) is 8.42. The van der Waals surface area contributed by atoms with Crippen molar-refractivity contribution in [3.05, 3.63) is 0 Å². The number of guanidine groups is 1. The van der Waals surface area contributed by atoms with Crippen LogP contribution in [0.2, 0.25) is 0 Å². The third kappa shape index (κ3) is 11.5. The first-order valence-corrected chi connectivity index (χ1v) is 2.73. The molecule has 0 aromatic rings. The first-order chi connectivity index (χ1) is 3.63. The summed E-state index contributed by atoms with van der Waals surface area (Å²) < 4.78 is 3.82. The van der Waals surface area contributed by atoms with E-state index in [0.717, 1.165) is 0 Å². The van der Waals surface area contributed by atoms with Crippen LogP contribution >= 0.6 is 8.60 Å². The largest absolute Gasteiger partial charge is 0.414 e. The van der Waals surface area contributed by atoms with Crippen molar-refractivity contribution in [1.29, 1.82) is 0 Å². The Balaban J connectivity index is 0. The fraction of sp³-hybridized carbons (Fsp3) is 0. The minimum Gasteiger partial charge on any atom is -0.367 e. The van der Waals surface area contributed by atoms with E-state index in [1.807, 2.05) is 0 Å². The molecule has 0 spiro atoms. The second kappa shape index (κ2) is 6.17. The number of rotatable bonds is 2. The maximum atomic E-state index is 7.98. The van der Waals surface area contributed by atoms with Crippen molar-refractivity contribution in [2.24, 2.45) is 16.6 Å². The van der Waals surface area contributed by atoms with Gasteiger partial charge in [0.1, 0.15) is 0 Å². The zero-order chi connectivity index (χ0) is 6.57. The quantitative estimate of drug-likeness (QED) is 0.142. The molecule has 0 fully saturated rings. The molecule has 9 heavy (non-hydrogen) atoms. The van der Waals surface area contributed by atoms with Gasteiger partial charge in [0.2, 0.25) is 5.96 Å². The standard InChI is InChI=1S/CH6N3O3P.Zn/c2-1(3)4-7-8(5)6;/h5-6H,(H4,2,3,4);. The van der Waals surface area contributed by atoms with E-state index < -0.39 is 8.60 Å². The van der Waals surface area contributed by atoms with Gasteiger partial charge in [-0.1, -0.05) is 0 Å². The second-order valence-corrected chi connectivity index (χ2v) is 1.52. The zero-order valence-electron chi connectivity index (χ0n) is 4.56. The molecular formula is CH6N3O3PZn. The van der Waals surface area contributed by atoms with Gasteiger partial charge in [0.05, 0.1) is 0 Å². The Morgan fingerprint density at radius 3 is 2.00 bits per heavy atom. The summed E-state index contributed by atoms with van der Waals surface area (Å²) in [5, 5.41) is 2.83. The smallest absolute Gasteiger partial charge is 0.367 e. The monoisotopic (exact) mass is 203 g/mol. The molecule has 0 aliphatic carbocycles. The van der Waals surface area contributed by atoms with Crippen molar-refractivity contribution >= 4 is 14.6 Å². The van der Waals surface area contributed by atoms with Gasteiger partial charge in [-0.2, -0.15) is 0 Å². The molecule has 6 N–H and O–H groups in total. The van der Waals surface area contributed by atoms with Crippen LogP contribution < -0.4 is 11.5 Å². The van der Waals surface area contributed by atoms with E-state index in [4.69, 9.17) is 21.3 Å². The van der Waals surface area contributed by atoms with Gasteiger partial charge in [-0.15, -0.1) is 0 Å². The molecule has 50 valence electrons. The molecule has 8 heteroatoms. The van der Waals surface area contributed by atoms with Gasteiger partial charge in [0.25, 0.3) is 0 Å². The minimum atomic E-state index is -2.48. The molecule has 0 aromatic carbocycles. The molecule has 0 rings (SSSR count). The van der Waals surface area contributed by atoms with Crippen molar-refractivity contribution in [3.8, 4) is 0 Å². The summed E-state index contributed by atoms with van der Waals surface area (Å²) in [7, 11) is -2.48. The average molecular weight is 204 g/mol. The molecule has 0 aliphatic rings. The minimum absolute atomic E-state index is 0. The number of nitrogens with zero attached hydrogens (tertiary/aromatic N) is 1. The topological polar surface area (TPSA) is 114 Å². The van der Waals surface area contributed by atoms with Crippen LogP contribution in [-0.2, 0) is 24.1 Å². The maximum absolute atomic E-state index is 7.98. The van der Waals surface area contributed by atoms with Crippen LogP contribution in [0.3, 0.4) is 0 Å². The van der Waals surface area contributed by atoms with Crippen LogP contribution in [0.15, 0.2) is 5.16 Å². The molecule has 0 saturated carbocycles. The summed E-state index contributed by atoms with van der Waals surface area (Å²) in [5.74, 6) is -0.347. The molecule has 0 heterocycles. The number of hydrogen-bond acceptors (Lipinski definition) is 4. The van der Waals surface area contributed by atoms with Gasteiger partial charge in [0, 0.05) is 19.5 Å². The third-order valence-corrected chi connectivity index (χ3v) is 0.447. The van der Waals surface area contributed by atoms with Crippen LogP contribution in [0.25, 0.3) is 0 Å². The molecule has 0 radical (unpaired) electrons. The van der Waals surface area contributed by atoms with Gasteiger partial charge >= 0.3 is 8.60 Å². The van der Waals surface area contributed by atoms with Crippen molar-refractivity contribution in [3.63, 3.8) is 0 Å². The summed E-state index contributed by atoms with van der Waals surface area (Å²) in [4.78, 5) is 16.0. The molecule has 6 nitrogen and oxygen atoms in total. The van der Waals surface area contributed by atoms with E-state index in [0.29, 0.717) is 0 Å². The maximum Gasteiger partial charge on any atom is 0.414 e. The van der Waals surface area contributed by atoms with Crippen LogP contribution in [0, 0.1) is 0 Å². The first kappa shape index (κ1) is 11.8. The van der Waals surface area contributed by atoms with Crippen LogP contribution in [-0.4, -0.2) is 15.7 Å². The van der Waals surface area contributed by atoms with Gasteiger partial charge < -0.3 is 25.9 Å². The van der Waals surface area contributed by atoms with E-state index in [1.165, 1.54) is 0 Å². The van der Waals surface area contributed by atoms with Crippen molar-refractivity contribution in [1.82, 2.24) is 0 Å². The fourth-order valence-corrected chi connectivity index (χ4v) is 0.251. The SMILES string of the molecule is NC(N)=NOP(O)O.[Zn]. The second-order valence-electron chi connectivity index (χ2n) is 0.851. The van der Waals surface area contributed by atoms with E-state index in [1.54, 1.807) is 0 Å². The number of nitrogens with two attached hydrogens (primary N) is 2. The summed E-state index contributed by atoms with van der Waals surface area (Å²) in [5.41, 5.74) is 9.46. The van der Waals surface area contributed by atoms with Crippen molar-refractivity contribution in [2.45, 2.75) is 0 Å². The fourth-order valence-electron chi connectivity index (χ4n) is 0.0837. The van der Waals surface area contributed by atoms with Gasteiger partial charge in [-0.25, -0.2) is 0 Å². The summed E-state index contributed by atoms with van der Waals surface area (Å²) in [6.45, 7) is 0. The molecule has 0 amide bonds. The Kier molecular flexibility index (Phi) is 8.08. The normalized spacial score (nSPS) is 7.89. The molecular weight excluding hydrogens is 198 g/mol. The van der Waals surface area contributed by atoms with Crippen molar-refractivity contribution < 1.29 is 33.9 Å². The first-order valence-electron chi connectivity index (χ1n) is 1.57. The molecule has 0 aromatic heterocycles. The van der Waals surface area contributed by atoms with Crippen LogP contribution in [0.5, 0.6) is 0 Å². The number of hydrogen-bond donors (Lipinski definition) is 4. The average Bonchev–Trinajstić information content (AvgIpc) is 1.61. The van der Waals surface area contributed by atoms with Crippen LogP contribution in [0.1, 0.15) is 0 Å². The van der Waals surface area contributed by atoms with Gasteiger partial charge in [0.15, 0.2) is 0 Å². The van der Waals surface area contributed by atoms with E-state index in [-0.39, 0.29) is 25.4 Å². The van der Waals surface area contributed by atoms with Crippen molar-refractivity contribution in [2.75, 3.05) is 0 Å². The van der Waals surface area contributed by atoms with E-state index >= 15 is 0 Å². The predicted molar refractivity (Wildman–Crippen MR) is 28.3 cm³/mol. The van der Waals surface area contributed by atoms with Gasteiger partial charge in [-0.05, 0) is 5.16 Å². The predicted octanol–water partition coefficient (Wildman–Crippen LogP) is -1.60. The molecule has 0 unspecified atom stereocenters. The Bertz CT molecular complexity index is 93.1. The Labute approximate surface area is 65.6 Å². The molecule has 0 atom stereocenters. The molecule has 0 saturated heterocycles. The van der Waals surface area contributed by atoms with E-state index in [2.05, 4.69) is 9.78 Å². The Morgan fingerprint density at radius 2 is 1.89 bits per heavy atom. The molecule has 0 bridgehead atoms. The van der Waals surface area contributed by atoms with Crippen LogP contribution in [0.4, 0.5) is 0 Å². The van der Waals surface area contributed by atoms with Gasteiger partial charge in [-0.3, -0.25) is 0 Å². The summed E-state index contributed by atoms with van der Waals surface area (Å²) >= 11 is 0. The summed E-state index contributed by atoms with van der Waals surface area (Å²) in [6, 6.07) is 0. The Hall–Kier alpha value is 0.0434. The Morgan fingerprint density at radius 1 is 1.44 bits per heavy atom.